The number of hydrogen-bond donors (Lipinski definition) is 2. The zero-order valence-electron chi connectivity index (χ0n) is 16.1. The quantitative estimate of drug-likeness (QED) is 0.831. The number of carbonyl (C=O) groups excluding carboxylic acids is 2. The Labute approximate surface area is 164 Å². The van der Waals surface area contributed by atoms with Gasteiger partial charge in [0.15, 0.2) is 11.5 Å². The second-order valence-electron chi connectivity index (χ2n) is 6.60. The lowest BCUT2D eigenvalue weighted by molar-refractivity contribution is 0.0919. The van der Waals surface area contributed by atoms with Crippen molar-refractivity contribution in [2.45, 2.75) is 18.9 Å². The fourth-order valence-corrected chi connectivity index (χ4v) is 3.20. The van der Waals surface area contributed by atoms with Crippen molar-refractivity contribution in [3.63, 3.8) is 0 Å². The minimum atomic E-state index is -0.159. The molecule has 0 radical (unpaired) electrons. The zero-order chi connectivity index (χ0) is 19.9. The number of methoxy groups -OCH3 is 2. The number of likely N-dealkylation sites (tertiary alicyclic amines) is 1. The third-order valence-corrected chi connectivity index (χ3v) is 4.79. The van der Waals surface area contributed by atoms with Gasteiger partial charge in [0, 0.05) is 30.4 Å². The summed E-state index contributed by atoms with van der Waals surface area (Å²) in [5, 5.41) is 5.93. The molecule has 7 heteroatoms. The van der Waals surface area contributed by atoms with E-state index in [2.05, 4.69) is 10.6 Å². The molecule has 0 atom stereocenters. The van der Waals surface area contributed by atoms with Gasteiger partial charge in [0.1, 0.15) is 0 Å². The molecule has 2 aromatic carbocycles. The first-order valence-corrected chi connectivity index (χ1v) is 9.24. The van der Waals surface area contributed by atoms with Gasteiger partial charge in [-0.25, -0.2) is 4.79 Å². The molecule has 3 amide bonds. The second-order valence-corrected chi connectivity index (χ2v) is 6.60. The maximum atomic E-state index is 12.5. The summed E-state index contributed by atoms with van der Waals surface area (Å²) in [6.45, 7) is 1.19. The van der Waals surface area contributed by atoms with E-state index in [1.165, 1.54) is 7.11 Å². The number of carbonyl (C=O) groups is 2. The summed E-state index contributed by atoms with van der Waals surface area (Å²) < 4.78 is 10.4. The predicted molar refractivity (Wildman–Crippen MR) is 107 cm³/mol. The van der Waals surface area contributed by atoms with Crippen LogP contribution in [0.3, 0.4) is 0 Å². The number of urea groups is 1. The molecule has 0 saturated carbocycles. The zero-order valence-corrected chi connectivity index (χ0v) is 16.1. The highest BCUT2D eigenvalue weighted by molar-refractivity contribution is 5.95. The first-order chi connectivity index (χ1) is 13.6. The molecule has 148 valence electrons. The number of ether oxygens (including phenoxy) is 2. The third-order valence-electron chi connectivity index (χ3n) is 4.79. The van der Waals surface area contributed by atoms with E-state index in [1.807, 2.05) is 30.3 Å². The molecule has 1 aliphatic rings. The maximum Gasteiger partial charge on any atom is 0.321 e. The number of hydrogen-bond acceptors (Lipinski definition) is 4. The molecule has 0 spiro atoms. The summed E-state index contributed by atoms with van der Waals surface area (Å²) in [5.41, 5.74) is 1.29. The second kappa shape index (κ2) is 9.12. The molecule has 2 aromatic rings. The van der Waals surface area contributed by atoms with Gasteiger partial charge in [0.2, 0.25) is 0 Å². The van der Waals surface area contributed by atoms with Crippen LogP contribution in [-0.2, 0) is 0 Å². The Kier molecular flexibility index (Phi) is 6.37. The van der Waals surface area contributed by atoms with Crippen LogP contribution in [0.4, 0.5) is 10.5 Å². The number of nitrogens with one attached hydrogen (secondary N) is 2. The van der Waals surface area contributed by atoms with Crippen LogP contribution in [0.5, 0.6) is 11.5 Å². The first-order valence-electron chi connectivity index (χ1n) is 9.24. The van der Waals surface area contributed by atoms with E-state index in [9.17, 15) is 9.59 Å². The lowest BCUT2D eigenvalue weighted by Gasteiger charge is -2.32. The minimum absolute atomic E-state index is 0.0290. The molecule has 1 heterocycles. The summed E-state index contributed by atoms with van der Waals surface area (Å²) in [6.07, 6.45) is 1.42. The highest BCUT2D eigenvalue weighted by Gasteiger charge is 2.24. The Hall–Kier alpha value is -3.22. The number of anilines is 1. The standard InChI is InChI=1S/C21H25N3O4/c1-27-18-9-8-15(14-19(18)28-2)20(25)22-17-10-12-24(13-11-17)21(26)23-16-6-4-3-5-7-16/h3-9,14,17H,10-13H2,1-2H3,(H,22,25)(H,23,26). The molecule has 1 saturated heterocycles. The lowest BCUT2D eigenvalue weighted by Crippen LogP contribution is -2.47. The summed E-state index contributed by atoms with van der Waals surface area (Å²) >= 11 is 0. The van der Waals surface area contributed by atoms with Crippen LogP contribution < -0.4 is 20.1 Å². The van der Waals surface area contributed by atoms with E-state index in [0.717, 1.165) is 5.69 Å². The van der Waals surface area contributed by atoms with E-state index in [-0.39, 0.29) is 18.0 Å². The number of rotatable bonds is 5. The van der Waals surface area contributed by atoms with Crippen molar-refractivity contribution in [2.75, 3.05) is 32.6 Å². The Bertz CT molecular complexity index is 818. The molecular formula is C21H25N3O4. The van der Waals surface area contributed by atoms with Crippen molar-refractivity contribution in [3.05, 3.63) is 54.1 Å². The summed E-state index contributed by atoms with van der Waals surface area (Å²) in [5.74, 6) is 0.937. The fourth-order valence-electron chi connectivity index (χ4n) is 3.20. The number of nitrogens with zero attached hydrogens (tertiary/aromatic N) is 1. The smallest absolute Gasteiger partial charge is 0.321 e. The van der Waals surface area contributed by atoms with Crippen molar-refractivity contribution < 1.29 is 19.1 Å². The largest absolute Gasteiger partial charge is 0.493 e. The Balaban J connectivity index is 1.51. The molecule has 2 N–H and O–H groups in total. The van der Waals surface area contributed by atoms with Gasteiger partial charge in [-0.2, -0.15) is 0 Å². The van der Waals surface area contributed by atoms with Crippen LogP contribution in [0, 0.1) is 0 Å². The lowest BCUT2D eigenvalue weighted by atomic mass is 10.0. The molecule has 3 rings (SSSR count). The molecule has 1 fully saturated rings. The van der Waals surface area contributed by atoms with Gasteiger partial charge in [-0.05, 0) is 43.2 Å². The van der Waals surface area contributed by atoms with Crippen molar-refractivity contribution in [3.8, 4) is 11.5 Å². The first kappa shape index (κ1) is 19.5. The van der Waals surface area contributed by atoms with Crippen molar-refractivity contribution in [1.82, 2.24) is 10.2 Å². The van der Waals surface area contributed by atoms with E-state index in [4.69, 9.17) is 9.47 Å². The number of benzene rings is 2. The van der Waals surface area contributed by atoms with Crippen LogP contribution in [0.1, 0.15) is 23.2 Å². The average Bonchev–Trinajstić information content (AvgIpc) is 2.74. The van der Waals surface area contributed by atoms with Crippen molar-refractivity contribution in [1.29, 1.82) is 0 Å². The van der Waals surface area contributed by atoms with Gasteiger partial charge in [-0.15, -0.1) is 0 Å². The van der Waals surface area contributed by atoms with Gasteiger partial charge < -0.3 is 25.0 Å². The monoisotopic (exact) mass is 383 g/mol. The van der Waals surface area contributed by atoms with Crippen LogP contribution >= 0.6 is 0 Å². The summed E-state index contributed by atoms with van der Waals surface area (Å²) in [6, 6.07) is 14.4. The Morgan fingerprint density at radius 2 is 1.64 bits per heavy atom. The fraction of sp³-hybridized carbons (Fsp3) is 0.333. The molecule has 0 aromatic heterocycles. The predicted octanol–water partition coefficient (Wildman–Crippen LogP) is 3.13. The number of para-hydroxylation sites is 1. The highest BCUT2D eigenvalue weighted by Crippen LogP contribution is 2.27. The van der Waals surface area contributed by atoms with Gasteiger partial charge in [0.05, 0.1) is 14.2 Å². The van der Waals surface area contributed by atoms with Gasteiger partial charge in [-0.1, -0.05) is 18.2 Å². The summed E-state index contributed by atoms with van der Waals surface area (Å²) in [4.78, 5) is 26.7. The molecule has 7 nitrogen and oxygen atoms in total. The third kappa shape index (κ3) is 4.73. The van der Waals surface area contributed by atoms with Gasteiger partial charge in [0.25, 0.3) is 5.91 Å². The van der Waals surface area contributed by atoms with Gasteiger partial charge in [-0.3, -0.25) is 4.79 Å². The number of piperidine rings is 1. The SMILES string of the molecule is COc1ccc(C(=O)NC2CCN(C(=O)Nc3ccccc3)CC2)cc1OC. The van der Waals surface area contributed by atoms with E-state index >= 15 is 0 Å². The van der Waals surface area contributed by atoms with Gasteiger partial charge >= 0.3 is 6.03 Å². The van der Waals surface area contributed by atoms with Crippen molar-refractivity contribution in [2.24, 2.45) is 0 Å². The molecule has 28 heavy (non-hydrogen) atoms. The molecular weight excluding hydrogens is 358 g/mol. The molecule has 0 aliphatic carbocycles. The Morgan fingerprint density at radius 1 is 0.964 bits per heavy atom. The highest BCUT2D eigenvalue weighted by atomic mass is 16.5. The van der Waals surface area contributed by atoms with E-state index < -0.39 is 0 Å². The van der Waals surface area contributed by atoms with E-state index in [1.54, 1.807) is 30.2 Å². The summed E-state index contributed by atoms with van der Waals surface area (Å²) in [7, 11) is 3.09. The molecule has 0 bridgehead atoms. The van der Waals surface area contributed by atoms with Crippen LogP contribution in [0.2, 0.25) is 0 Å². The molecule has 0 unspecified atom stereocenters. The Morgan fingerprint density at radius 3 is 2.29 bits per heavy atom. The average molecular weight is 383 g/mol. The van der Waals surface area contributed by atoms with Crippen molar-refractivity contribution >= 4 is 17.6 Å². The van der Waals surface area contributed by atoms with Crippen LogP contribution in [0.25, 0.3) is 0 Å². The topological polar surface area (TPSA) is 79.9 Å². The molecule has 1 aliphatic heterocycles. The normalized spacial score (nSPS) is 14.3. The minimum Gasteiger partial charge on any atom is -0.493 e. The van der Waals surface area contributed by atoms with Crippen LogP contribution in [0.15, 0.2) is 48.5 Å². The maximum absolute atomic E-state index is 12.5. The van der Waals surface area contributed by atoms with Crippen LogP contribution in [-0.4, -0.2) is 50.2 Å². The number of amides is 3. The van der Waals surface area contributed by atoms with E-state index in [0.29, 0.717) is 43.0 Å².